The van der Waals surface area contributed by atoms with E-state index in [1.165, 1.54) is 0 Å². The Morgan fingerprint density at radius 2 is 2.00 bits per heavy atom. The highest BCUT2D eigenvalue weighted by molar-refractivity contribution is 5.76. The maximum atomic E-state index is 10.8. The van der Waals surface area contributed by atoms with Crippen LogP contribution in [0.3, 0.4) is 0 Å². The number of hydrogen-bond acceptors (Lipinski definition) is 2. The summed E-state index contributed by atoms with van der Waals surface area (Å²) in [7, 11) is 0. The molecule has 2 rings (SSSR count). The second kappa shape index (κ2) is 2.85. The molecule has 1 aliphatic heterocycles. The minimum Gasteiger partial charge on any atom is -0.479 e. The molecule has 1 aliphatic rings. The van der Waals surface area contributed by atoms with E-state index in [9.17, 15) is 4.79 Å². The van der Waals surface area contributed by atoms with Gasteiger partial charge in [0.2, 0.25) is 0 Å². The molecule has 13 heavy (non-hydrogen) atoms. The van der Waals surface area contributed by atoms with Crippen molar-refractivity contribution in [2.24, 2.45) is 0 Å². The largest absolute Gasteiger partial charge is 0.479 e. The molecular formula is C10H10O3. The number of carbonyl (C=O) groups is 1. The molecular weight excluding hydrogens is 168 g/mol. The summed E-state index contributed by atoms with van der Waals surface area (Å²) in [5, 5.41) is 8.85. The van der Waals surface area contributed by atoms with Gasteiger partial charge in [0.05, 0.1) is 6.10 Å². The molecule has 0 spiro atoms. The fraction of sp³-hybridized carbons (Fsp3) is 0.300. The number of benzene rings is 1. The smallest absolute Gasteiger partial charge is 0.337 e. The van der Waals surface area contributed by atoms with Crippen LogP contribution in [0.4, 0.5) is 0 Å². The maximum Gasteiger partial charge on any atom is 0.337 e. The molecule has 0 radical (unpaired) electrons. The summed E-state index contributed by atoms with van der Waals surface area (Å²) in [5.74, 6) is -0.920. The summed E-state index contributed by atoms with van der Waals surface area (Å²) in [5.41, 5.74) is 1.76. The Bertz CT molecular complexity index is 346. The lowest BCUT2D eigenvalue weighted by molar-refractivity contribution is -0.152. The summed E-state index contributed by atoms with van der Waals surface area (Å²) in [6.45, 7) is 1.86. The molecule has 0 bridgehead atoms. The van der Waals surface area contributed by atoms with Crippen molar-refractivity contribution in [2.45, 2.75) is 19.1 Å². The van der Waals surface area contributed by atoms with Gasteiger partial charge in [-0.3, -0.25) is 0 Å². The topological polar surface area (TPSA) is 46.5 Å². The lowest BCUT2D eigenvalue weighted by atomic mass is 10.0. The van der Waals surface area contributed by atoms with E-state index in [-0.39, 0.29) is 6.10 Å². The van der Waals surface area contributed by atoms with E-state index in [2.05, 4.69) is 0 Å². The molecule has 0 saturated carbocycles. The predicted octanol–water partition coefficient (Wildman–Crippen LogP) is 1.90. The summed E-state index contributed by atoms with van der Waals surface area (Å²) >= 11 is 0. The van der Waals surface area contributed by atoms with Crippen molar-refractivity contribution in [3.05, 3.63) is 35.4 Å². The molecule has 68 valence electrons. The molecule has 2 atom stereocenters. The number of ether oxygens (including phenoxy) is 1. The number of hydrogen-bond donors (Lipinski definition) is 1. The normalized spacial score (nSPS) is 25.6. The minimum atomic E-state index is -0.920. The third-order valence-corrected chi connectivity index (χ3v) is 2.28. The van der Waals surface area contributed by atoms with Crippen molar-refractivity contribution in [3.8, 4) is 0 Å². The van der Waals surface area contributed by atoms with Crippen LogP contribution in [0.15, 0.2) is 24.3 Å². The van der Waals surface area contributed by atoms with Gasteiger partial charge in [-0.1, -0.05) is 24.3 Å². The first-order valence-corrected chi connectivity index (χ1v) is 4.17. The monoisotopic (exact) mass is 178 g/mol. The number of fused-ring (bicyclic) bond motifs is 1. The number of aliphatic carboxylic acids is 1. The molecule has 3 nitrogen and oxygen atoms in total. The second-order valence-corrected chi connectivity index (χ2v) is 3.13. The molecule has 1 heterocycles. The zero-order valence-electron chi connectivity index (χ0n) is 7.23. The van der Waals surface area contributed by atoms with Gasteiger partial charge in [0.1, 0.15) is 0 Å². The fourth-order valence-electron chi connectivity index (χ4n) is 1.66. The predicted molar refractivity (Wildman–Crippen MR) is 46.3 cm³/mol. The average Bonchev–Trinajstić information content (AvgIpc) is 2.45. The lowest BCUT2D eigenvalue weighted by Gasteiger charge is -2.05. The molecule has 0 amide bonds. The van der Waals surface area contributed by atoms with E-state index in [0.717, 1.165) is 11.1 Å². The van der Waals surface area contributed by atoms with Gasteiger partial charge in [0, 0.05) is 0 Å². The summed E-state index contributed by atoms with van der Waals surface area (Å²) in [6.07, 6.45) is -0.900. The molecule has 0 aliphatic carbocycles. The first-order valence-electron chi connectivity index (χ1n) is 4.17. The third-order valence-electron chi connectivity index (χ3n) is 2.28. The molecule has 0 saturated heterocycles. The van der Waals surface area contributed by atoms with Crippen LogP contribution < -0.4 is 0 Å². The van der Waals surface area contributed by atoms with Gasteiger partial charge >= 0.3 is 5.97 Å². The van der Waals surface area contributed by atoms with E-state index >= 15 is 0 Å². The third kappa shape index (κ3) is 1.21. The highest BCUT2D eigenvalue weighted by Gasteiger charge is 2.33. The molecule has 2 unspecified atom stereocenters. The molecule has 3 heteroatoms. The summed E-state index contributed by atoms with van der Waals surface area (Å²) in [6, 6.07) is 7.43. The van der Waals surface area contributed by atoms with Gasteiger partial charge in [0.15, 0.2) is 6.10 Å². The number of carboxylic acids is 1. The van der Waals surface area contributed by atoms with Crippen LogP contribution in [-0.4, -0.2) is 11.1 Å². The number of rotatable bonds is 1. The first kappa shape index (κ1) is 8.26. The van der Waals surface area contributed by atoms with Crippen molar-refractivity contribution in [3.63, 3.8) is 0 Å². The van der Waals surface area contributed by atoms with Crippen molar-refractivity contribution < 1.29 is 14.6 Å². The Balaban J connectivity index is 2.47. The quantitative estimate of drug-likeness (QED) is 0.714. The number of carboxylic acid groups (broad SMARTS) is 1. The van der Waals surface area contributed by atoms with Crippen LogP contribution in [0.25, 0.3) is 0 Å². The highest BCUT2D eigenvalue weighted by atomic mass is 16.5. The second-order valence-electron chi connectivity index (χ2n) is 3.13. The lowest BCUT2D eigenvalue weighted by Crippen LogP contribution is -2.09. The summed E-state index contributed by atoms with van der Waals surface area (Å²) < 4.78 is 5.29. The molecule has 0 fully saturated rings. The van der Waals surface area contributed by atoms with Crippen molar-refractivity contribution in [2.75, 3.05) is 0 Å². The fourth-order valence-corrected chi connectivity index (χ4v) is 1.66. The van der Waals surface area contributed by atoms with Crippen LogP contribution >= 0.6 is 0 Å². The summed E-state index contributed by atoms with van der Waals surface area (Å²) in [4.78, 5) is 10.8. The van der Waals surface area contributed by atoms with Crippen LogP contribution in [0.1, 0.15) is 30.3 Å². The van der Waals surface area contributed by atoms with E-state index in [0.29, 0.717) is 0 Å². The van der Waals surface area contributed by atoms with Crippen molar-refractivity contribution in [1.29, 1.82) is 0 Å². The van der Waals surface area contributed by atoms with Crippen LogP contribution in [0.5, 0.6) is 0 Å². The maximum absolute atomic E-state index is 10.8. The molecule has 0 aromatic heterocycles. The Morgan fingerprint density at radius 3 is 2.62 bits per heavy atom. The van der Waals surface area contributed by atoms with E-state index in [1.54, 1.807) is 6.07 Å². The van der Waals surface area contributed by atoms with E-state index < -0.39 is 12.1 Å². The van der Waals surface area contributed by atoms with E-state index in [1.807, 2.05) is 25.1 Å². The zero-order chi connectivity index (χ0) is 9.42. The van der Waals surface area contributed by atoms with Gasteiger partial charge in [-0.05, 0) is 18.1 Å². The van der Waals surface area contributed by atoms with Gasteiger partial charge < -0.3 is 9.84 Å². The first-order chi connectivity index (χ1) is 6.20. The zero-order valence-corrected chi connectivity index (χ0v) is 7.23. The van der Waals surface area contributed by atoms with Gasteiger partial charge in [-0.25, -0.2) is 4.79 Å². The Morgan fingerprint density at radius 1 is 1.38 bits per heavy atom. The average molecular weight is 178 g/mol. The molecule has 1 aromatic carbocycles. The Labute approximate surface area is 76.0 Å². The Kier molecular flexibility index (Phi) is 1.81. The van der Waals surface area contributed by atoms with Crippen LogP contribution in [0, 0.1) is 0 Å². The van der Waals surface area contributed by atoms with Crippen molar-refractivity contribution in [1.82, 2.24) is 0 Å². The van der Waals surface area contributed by atoms with E-state index in [4.69, 9.17) is 9.84 Å². The Hall–Kier alpha value is -1.35. The van der Waals surface area contributed by atoms with Gasteiger partial charge in [-0.2, -0.15) is 0 Å². The van der Waals surface area contributed by atoms with Gasteiger partial charge in [-0.15, -0.1) is 0 Å². The highest BCUT2D eigenvalue weighted by Crippen LogP contribution is 2.38. The standard InChI is InChI=1S/C10H10O3/c1-6-7-4-2-3-5-8(7)9(13-6)10(11)12/h2-6,9H,1H3,(H,11,12). The molecule has 1 aromatic rings. The minimum absolute atomic E-state index is 0.114. The van der Waals surface area contributed by atoms with Crippen LogP contribution in [0.2, 0.25) is 0 Å². The van der Waals surface area contributed by atoms with Crippen molar-refractivity contribution >= 4 is 5.97 Å². The van der Waals surface area contributed by atoms with Gasteiger partial charge in [0.25, 0.3) is 0 Å². The molecule has 1 N–H and O–H groups in total. The van der Waals surface area contributed by atoms with Crippen LogP contribution in [-0.2, 0) is 9.53 Å². The SMILES string of the molecule is CC1OC(C(=O)O)c2ccccc21.